The minimum atomic E-state index is 0.152. The molecule has 0 aliphatic rings. The molecule has 5 heteroatoms. The van der Waals surface area contributed by atoms with Crippen LogP contribution in [0.25, 0.3) is 49.3 Å². The van der Waals surface area contributed by atoms with Crippen molar-refractivity contribution in [2.45, 2.75) is 0 Å². The molecule has 0 saturated carbocycles. The first-order chi connectivity index (χ1) is 21.8. The van der Waals surface area contributed by atoms with Crippen molar-refractivity contribution in [1.82, 2.24) is 9.13 Å². The van der Waals surface area contributed by atoms with Crippen LogP contribution < -0.4 is 0 Å². The van der Waals surface area contributed by atoms with Crippen LogP contribution in [-0.2, 0) is 0 Å². The molecule has 0 saturated heterocycles. The van der Waals surface area contributed by atoms with E-state index in [0.29, 0.717) is 5.96 Å². The Labute approximate surface area is 254 Å². The fraction of sp³-hybridized carbons (Fsp3) is 0. The number of nitrogens with zero attached hydrogens (tertiary/aromatic N) is 4. The highest BCUT2D eigenvalue weighted by Gasteiger charge is 2.15. The van der Waals surface area contributed by atoms with Crippen molar-refractivity contribution in [2.75, 3.05) is 0 Å². The molecular weight excluding hydrogens is 538 g/mol. The van der Waals surface area contributed by atoms with Gasteiger partial charge in [-0.25, -0.2) is 4.99 Å². The molecule has 0 radical (unpaired) electrons. The SMILES string of the molecule is N=C(N=C(/N=C/c1cccc(-n2c3ccccc3c3ccccc32)c1)n1c2ccccc2c2ccccc21)c1ccccc1. The second kappa shape index (κ2) is 10.6. The second-order valence-corrected chi connectivity index (χ2v) is 10.7. The van der Waals surface area contributed by atoms with Crippen molar-refractivity contribution in [3.63, 3.8) is 0 Å². The minimum absolute atomic E-state index is 0.152. The lowest BCUT2D eigenvalue weighted by molar-refractivity contribution is 1.18. The molecule has 8 aromatic rings. The third-order valence-electron chi connectivity index (χ3n) is 8.08. The summed E-state index contributed by atoms with van der Waals surface area (Å²) < 4.78 is 4.35. The number of para-hydroxylation sites is 4. The Morgan fingerprint density at radius 2 is 1.02 bits per heavy atom. The van der Waals surface area contributed by atoms with Gasteiger partial charge < -0.3 is 4.57 Å². The highest BCUT2D eigenvalue weighted by molar-refractivity contribution is 6.17. The summed E-state index contributed by atoms with van der Waals surface area (Å²) in [6.45, 7) is 0. The van der Waals surface area contributed by atoms with E-state index < -0.39 is 0 Å². The van der Waals surface area contributed by atoms with Gasteiger partial charge in [0.15, 0.2) is 5.84 Å². The number of hydrogen-bond acceptors (Lipinski definition) is 1. The van der Waals surface area contributed by atoms with Gasteiger partial charge in [0.25, 0.3) is 0 Å². The van der Waals surface area contributed by atoms with E-state index in [1.54, 1.807) is 0 Å². The van der Waals surface area contributed by atoms with E-state index in [2.05, 4.69) is 100 Å². The van der Waals surface area contributed by atoms with E-state index in [4.69, 9.17) is 15.4 Å². The van der Waals surface area contributed by atoms with Crippen LogP contribution >= 0.6 is 0 Å². The molecule has 208 valence electrons. The first kappa shape index (κ1) is 25.6. The lowest BCUT2D eigenvalue weighted by atomic mass is 10.2. The molecule has 6 aromatic carbocycles. The van der Waals surface area contributed by atoms with Gasteiger partial charge in [0, 0.05) is 39.0 Å². The lowest BCUT2D eigenvalue weighted by Crippen LogP contribution is -2.12. The molecule has 0 unspecified atom stereocenters. The van der Waals surface area contributed by atoms with Crippen LogP contribution in [0, 0.1) is 5.41 Å². The summed E-state index contributed by atoms with van der Waals surface area (Å²) in [5.74, 6) is 0.581. The number of hydrogen-bond donors (Lipinski definition) is 1. The number of fused-ring (bicyclic) bond motifs is 6. The van der Waals surface area contributed by atoms with Crippen LogP contribution in [0.2, 0.25) is 0 Å². The third kappa shape index (κ3) is 4.30. The second-order valence-electron chi connectivity index (χ2n) is 10.7. The van der Waals surface area contributed by atoms with Crippen LogP contribution in [0.1, 0.15) is 11.1 Å². The van der Waals surface area contributed by atoms with Crippen LogP contribution in [0.5, 0.6) is 0 Å². The maximum Gasteiger partial charge on any atom is 0.236 e. The van der Waals surface area contributed by atoms with Gasteiger partial charge in [0.1, 0.15) is 0 Å². The van der Waals surface area contributed by atoms with Gasteiger partial charge in [-0.2, -0.15) is 4.99 Å². The maximum absolute atomic E-state index is 8.87. The van der Waals surface area contributed by atoms with Gasteiger partial charge in [0.05, 0.1) is 22.1 Å². The monoisotopic (exact) mass is 565 g/mol. The first-order valence-electron chi connectivity index (χ1n) is 14.6. The van der Waals surface area contributed by atoms with Crippen LogP contribution in [0.4, 0.5) is 0 Å². The fourth-order valence-electron chi connectivity index (χ4n) is 6.11. The highest BCUT2D eigenvalue weighted by Crippen LogP contribution is 2.32. The summed E-state index contributed by atoms with van der Waals surface area (Å²) >= 11 is 0. The quantitative estimate of drug-likeness (QED) is 0.164. The molecule has 5 nitrogen and oxygen atoms in total. The van der Waals surface area contributed by atoms with Gasteiger partial charge >= 0.3 is 0 Å². The van der Waals surface area contributed by atoms with Gasteiger partial charge in [-0.3, -0.25) is 9.98 Å². The molecule has 1 N–H and O–H groups in total. The zero-order valence-corrected chi connectivity index (χ0v) is 23.8. The zero-order valence-electron chi connectivity index (χ0n) is 23.8. The topological polar surface area (TPSA) is 58.4 Å². The molecule has 0 aliphatic carbocycles. The minimum Gasteiger partial charge on any atom is -0.309 e. The number of amidine groups is 1. The fourth-order valence-corrected chi connectivity index (χ4v) is 6.11. The van der Waals surface area contributed by atoms with Crippen molar-refractivity contribution >= 4 is 61.6 Å². The van der Waals surface area contributed by atoms with E-state index in [0.717, 1.165) is 49.7 Å². The van der Waals surface area contributed by atoms with Gasteiger partial charge in [0.2, 0.25) is 5.96 Å². The standard InChI is InChI=1S/C39H27N5/c40-38(28-14-2-1-3-15-28)42-39(44-36-23-10-6-19-32(36)33-20-7-11-24-37(33)44)41-26-27-13-12-16-29(25-27)43-34-21-8-4-17-30(34)31-18-5-9-22-35(31)43/h1-26,40H/b40-38?,41-26+,42-39?. The van der Waals surface area contributed by atoms with E-state index in [9.17, 15) is 0 Å². The largest absolute Gasteiger partial charge is 0.309 e. The summed E-state index contributed by atoms with van der Waals surface area (Å²) in [4.78, 5) is 9.81. The Bertz CT molecular complexity index is 2300. The molecular formula is C39H27N5. The molecule has 0 fully saturated rings. The summed E-state index contributed by atoms with van der Waals surface area (Å²) in [6.07, 6.45) is 1.85. The summed E-state index contributed by atoms with van der Waals surface area (Å²) in [6, 6.07) is 51.5. The molecule has 2 aromatic heterocycles. The molecule has 2 heterocycles. The summed E-state index contributed by atoms with van der Waals surface area (Å²) in [5.41, 5.74) is 7.02. The average molecular weight is 566 g/mol. The van der Waals surface area contributed by atoms with E-state index in [1.165, 1.54) is 10.8 Å². The smallest absolute Gasteiger partial charge is 0.236 e. The molecule has 8 rings (SSSR count). The molecule has 0 spiro atoms. The maximum atomic E-state index is 8.87. The lowest BCUT2D eigenvalue weighted by Gasteiger charge is -2.10. The van der Waals surface area contributed by atoms with Gasteiger partial charge in [-0.1, -0.05) is 115 Å². The van der Waals surface area contributed by atoms with Gasteiger partial charge in [-0.05, 0) is 42.0 Å². The summed E-state index contributed by atoms with van der Waals surface area (Å²) in [7, 11) is 0. The number of nitrogens with one attached hydrogen (secondary N) is 1. The Balaban J connectivity index is 1.29. The number of benzene rings is 6. The van der Waals surface area contributed by atoms with E-state index in [1.807, 2.05) is 66.9 Å². The van der Waals surface area contributed by atoms with Crippen molar-refractivity contribution in [3.05, 3.63) is 163 Å². The molecule has 0 bridgehead atoms. The molecule has 0 aliphatic heterocycles. The van der Waals surface area contributed by atoms with Crippen LogP contribution in [-0.4, -0.2) is 27.1 Å². The number of aromatic nitrogens is 2. The zero-order chi connectivity index (χ0) is 29.5. The predicted octanol–water partition coefficient (Wildman–Crippen LogP) is 9.24. The Kier molecular flexibility index (Phi) is 6.20. The number of aliphatic imine (C=N–C) groups is 2. The van der Waals surface area contributed by atoms with Gasteiger partial charge in [-0.15, -0.1) is 0 Å². The number of rotatable bonds is 3. The van der Waals surface area contributed by atoms with Crippen molar-refractivity contribution in [1.29, 1.82) is 5.41 Å². The van der Waals surface area contributed by atoms with Crippen LogP contribution in [0.3, 0.4) is 0 Å². The predicted molar refractivity (Wildman–Crippen MR) is 184 cm³/mol. The molecule has 0 amide bonds. The average Bonchev–Trinajstić information content (AvgIpc) is 3.60. The molecule has 0 atom stereocenters. The Hall–Kier alpha value is -6.07. The van der Waals surface area contributed by atoms with E-state index in [-0.39, 0.29) is 5.84 Å². The van der Waals surface area contributed by atoms with Crippen molar-refractivity contribution in [3.8, 4) is 5.69 Å². The summed E-state index contributed by atoms with van der Waals surface area (Å²) in [5, 5.41) is 13.5. The van der Waals surface area contributed by atoms with Crippen LogP contribution in [0.15, 0.2) is 162 Å². The third-order valence-corrected chi connectivity index (χ3v) is 8.08. The van der Waals surface area contributed by atoms with E-state index >= 15 is 0 Å². The highest BCUT2D eigenvalue weighted by atomic mass is 15.2. The van der Waals surface area contributed by atoms with Crippen molar-refractivity contribution < 1.29 is 0 Å². The Morgan fingerprint density at radius 1 is 0.523 bits per heavy atom. The Morgan fingerprint density at radius 3 is 1.61 bits per heavy atom. The normalized spacial score (nSPS) is 12.2. The van der Waals surface area contributed by atoms with Crippen molar-refractivity contribution in [2.24, 2.45) is 9.98 Å². The first-order valence-corrected chi connectivity index (χ1v) is 14.6. The molecule has 44 heavy (non-hydrogen) atoms.